The summed E-state index contributed by atoms with van der Waals surface area (Å²) >= 11 is 0. The predicted molar refractivity (Wildman–Crippen MR) is 177 cm³/mol. The molecular weight excluding hydrogens is 522 g/mol. The minimum Gasteiger partial charge on any atom is -0.208 e. The lowest BCUT2D eigenvalue weighted by Gasteiger charge is -2.22. The SMILES string of the molecule is CC1(C)c2cc(-c3ccc(-c4nc(-c5ccccc5)nc(-c5ccccc5)n4)cc3)ccc2-c2c1ccc1ccccc21. The van der Waals surface area contributed by atoms with Gasteiger partial charge in [-0.3, -0.25) is 0 Å². The van der Waals surface area contributed by atoms with E-state index in [2.05, 4.69) is 92.7 Å². The number of nitrogens with zero attached hydrogens (tertiary/aromatic N) is 3. The minimum absolute atomic E-state index is 0.0722. The van der Waals surface area contributed by atoms with Gasteiger partial charge in [0.25, 0.3) is 0 Å². The van der Waals surface area contributed by atoms with Crippen LogP contribution in [0.3, 0.4) is 0 Å². The third kappa shape index (κ3) is 4.24. The lowest BCUT2D eigenvalue weighted by molar-refractivity contribution is 0.661. The van der Waals surface area contributed by atoms with Crippen LogP contribution in [-0.4, -0.2) is 15.0 Å². The van der Waals surface area contributed by atoms with Crippen molar-refractivity contribution in [2.75, 3.05) is 0 Å². The summed E-state index contributed by atoms with van der Waals surface area (Å²) in [4.78, 5) is 14.6. The Morgan fingerprint density at radius 2 is 0.930 bits per heavy atom. The van der Waals surface area contributed by atoms with Crippen LogP contribution >= 0.6 is 0 Å². The lowest BCUT2D eigenvalue weighted by atomic mass is 9.81. The van der Waals surface area contributed by atoms with Gasteiger partial charge in [0.2, 0.25) is 0 Å². The van der Waals surface area contributed by atoms with E-state index in [1.165, 1.54) is 44.2 Å². The molecule has 0 fully saturated rings. The van der Waals surface area contributed by atoms with Gasteiger partial charge >= 0.3 is 0 Å². The summed E-state index contributed by atoms with van der Waals surface area (Å²) in [7, 11) is 0. The molecule has 1 heterocycles. The Labute approximate surface area is 251 Å². The zero-order valence-electron chi connectivity index (χ0n) is 24.1. The van der Waals surface area contributed by atoms with E-state index in [0.717, 1.165) is 16.7 Å². The molecule has 0 N–H and O–H groups in total. The molecule has 3 heteroatoms. The molecule has 0 atom stereocenters. The second-order valence-electron chi connectivity index (χ2n) is 11.7. The lowest BCUT2D eigenvalue weighted by Crippen LogP contribution is -2.15. The summed E-state index contributed by atoms with van der Waals surface area (Å²) < 4.78 is 0. The second kappa shape index (κ2) is 9.85. The quantitative estimate of drug-likeness (QED) is 0.218. The molecule has 0 amide bonds. The molecule has 0 spiro atoms. The highest BCUT2D eigenvalue weighted by atomic mass is 15.0. The standard InChI is InChI=1S/C40H29N3/c1-40(2)34-24-22-27-11-9-10-16-32(27)36(34)33-23-21-31(25-35(33)40)26-17-19-30(20-18-26)39-42-37(28-12-5-3-6-13-28)41-38(43-39)29-14-7-4-8-15-29/h3-25H,1-2H3. The van der Waals surface area contributed by atoms with Crippen molar-refractivity contribution < 1.29 is 0 Å². The van der Waals surface area contributed by atoms with E-state index in [9.17, 15) is 0 Å². The highest BCUT2D eigenvalue weighted by Gasteiger charge is 2.36. The Balaban J connectivity index is 1.19. The average Bonchev–Trinajstić information content (AvgIpc) is 3.31. The van der Waals surface area contributed by atoms with Crippen LogP contribution in [0.5, 0.6) is 0 Å². The van der Waals surface area contributed by atoms with Crippen molar-refractivity contribution in [3.63, 3.8) is 0 Å². The number of rotatable bonds is 4. The van der Waals surface area contributed by atoms with Crippen molar-refractivity contribution >= 4 is 10.8 Å². The summed E-state index contributed by atoms with van der Waals surface area (Å²) in [5.74, 6) is 2.00. The maximum atomic E-state index is 4.89. The fraction of sp³-hybridized carbons (Fsp3) is 0.0750. The van der Waals surface area contributed by atoms with E-state index in [1.54, 1.807) is 0 Å². The Morgan fingerprint density at radius 1 is 0.419 bits per heavy atom. The molecule has 7 aromatic rings. The smallest absolute Gasteiger partial charge is 0.164 e. The van der Waals surface area contributed by atoms with Crippen LogP contribution in [0.15, 0.2) is 140 Å². The molecule has 3 nitrogen and oxygen atoms in total. The first-order chi connectivity index (χ1) is 21.1. The molecule has 0 bridgehead atoms. The number of benzene rings is 6. The summed E-state index contributed by atoms with van der Waals surface area (Å²) in [6.45, 7) is 4.68. The van der Waals surface area contributed by atoms with Gasteiger partial charge in [-0.05, 0) is 50.2 Å². The molecule has 8 rings (SSSR count). The van der Waals surface area contributed by atoms with Crippen molar-refractivity contribution in [2.45, 2.75) is 19.3 Å². The second-order valence-corrected chi connectivity index (χ2v) is 11.7. The van der Waals surface area contributed by atoms with E-state index >= 15 is 0 Å². The average molecular weight is 552 g/mol. The number of hydrogen-bond donors (Lipinski definition) is 0. The first kappa shape index (κ1) is 25.3. The molecule has 6 aromatic carbocycles. The summed E-state index contributed by atoms with van der Waals surface area (Å²) in [6, 6.07) is 49.0. The Bertz CT molecular complexity index is 2070. The monoisotopic (exact) mass is 551 g/mol. The third-order valence-electron chi connectivity index (χ3n) is 8.74. The Hall–Kier alpha value is -5.41. The van der Waals surface area contributed by atoms with Gasteiger partial charge in [0.05, 0.1) is 0 Å². The van der Waals surface area contributed by atoms with Crippen molar-refractivity contribution in [2.24, 2.45) is 0 Å². The Kier molecular flexibility index (Phi) is 5.80. The summed E-state index contributed by atoms with van der Waals surface area (Å²) in [5.41, 5.74) is 10.7. The van der Waals surface area contributed by atoms with Gasteiger partial charge in [-0.25, -0.2) is 15.0 Å². The topological polar surface area (TPSA) is 38.7 Å². The van der Waals surface area contributed by atoms with Crippen LogP contribution in [0.2, 0.25) is 0 Å². The summed E-state index contributed by atoms with van der Waals surface area (Å²) in [5, 5.41) is 2.61. The molecular formula is C40H29N3. The minimum atomic E-state index is -0.0722. The molecule has 0 saturated carbocycles. The molecule has 0 saturated heterocycles. The molecule has 1 aliphatic carbocycles. The zero-order chi connectivity index (χ0) is 29.0. The van der Waals surface area contributed by atoms with E-state index in [4.69, 9.17) is 15.0 Å². The first-order valence-corrected chi connectivity index (χ1v) is 14.7. The molecule has 1 aromatic heterocycles. The van der Waals surface area contributed by atoms with Crippen molar-refractivity contribution in [1.82, 2.24) is 15.0 Å². The van der Waals surface area contributed by atoms with Crippen LogP contribution in [0.4, 0.5) is 0 Å². The molecule has 0 unspecified atom stereocenters. The fourth-order valence-corrected chi connectivity index (χ4v) is 6.44. The fourth-order valence-electron chi connectivity index (χ4n) is 6.44. The van der Waals surface area contributed by atoms with Gasteiger partial charge in [-0.1, -0.05) is 147 Å². The van der Waals surface area contributed by atoms with Crippen molar-refractivity contribution in [3.8, 4) is 56.4 Å². The van der Waals surface area contributed by atoms with Gasteiger partial charge < -0.3 is 0 Å². The molecule has 1 aliphatic rings. The third-order valence-corrected chi connectivity index (χ3v) is 8.74. The number of hydrogen-bond acceptors (Lipinski definition) is 3. The highest BCUT2D eigenvalue weighted by molar-refractivity contribution is 6.02. The summed E-state index contributed by atoms with van der Waals surface area (Å²) in [6.07, 6.45) is 0. The normalized spacial score (nSPS) is 13.1. The van der Waals surface area contributed by atoms with E-state index in [1.807, 2.05) is 60.7 Å². The Morgan fingerprint density at radius 3 is 1.56 bits per heavy atom. The van der Waals surface area contributed by atoms with Crippen LogP contribution in [0, 0.1) is 0 Å². The van der Waals surface area contributed by atoms with E-state index < -0.39 is 0 Å². The molecule has 0 aliphatic heterocycles. The van der Waals surface area contributed by atoms with Crippen molar-refractivity contribution in [3.05, 3.63) is 151 Å². The van der Waals surface area contributed by atoms with Crippen LogP contribution in [-0.2, 0) is 5.41 Å². The number of aromatic nitrogens is 3. The van der Waals surface area contributed by atoms with Crippen LogP contribution < -0.4 is 0 Å². The van der Waals surface area contributed by atoms with E-state index in [-0.39, 0.29) is 5.41 Å². The van der Waals surface area contributed by atoms with Gasteiger partial charge in [-0.2, -0.15) is 0 Å². The largest absolute Gasteiger partial charge is 0.208 e. The predicted octanol–water partition coefficient (Wildman–Crippen LogP) is 10.00. The van der Waals surface area contributed by atoms with Gasteiger partial charge in [0.15, 0.2) is 17.5 Å². The molecule has 0 radical (unpaired) electrons. The number of fused-ring (bicyclic) bond motifs is 5. The van der Waals surface area contributed by atoms with Crippen molar-refractivity contribution in [1.29, 1.82) is 0 Å². The first-order valence-electron chi connectivity index (χ1n) is 14.7. The molecule has 204 valence electrons. The highest BCUT2D eigenvalue weighted by Crippen LogP contribution is 2.52. The molecule has 43 heavy (non-hydrogen) atoms. The maximum absolute atomic E-state index is 4.89. The van der Waals surface area contributed by atoms with Crippen LogP contribution in [0.1, 0.15) is 25.0 Å². The van der Waals surface area contributed by atoms with Gasteiger partial charge in [0.1, 0.15) is 0 Å². The van der Waals surface area contributed by atoms with E-state index in [0.29, 0.717) is 17.5 Å². The van der Waals surface area contributed by atoms with Gasteiger partial charge in [-0.15, -0.1) is 0 Å². The zero-order valence-corrected chi connectivity index (χ0v) is 24.1. The van der Waals surface area contributed by atoms with Gasteiger partial charge in [0, 0.05) is 22.1 Å². The van der Waals surface area contributed by atoms with Crippen LogP contribution in [0.25, 0.3) is 67.2 Å². The maximum Gasteiger partial charge on any atom is 0.164 e.